The first-order valence-corrected chi connectivity index (χ1v) is 9.71. The molecule has 0 aromatic rings. The van der Waals surface area contributed by atoms with Crippen LogP contribution in [0.15, 0.2) is 0 Å². The predicted octanol–water partition coefficient (Wildman–Crippen LogP) is -10.0. The van der Waals surface area contributed by atoms with Gasteiger partial charge in [-0.05, 0) is 0 Å². The van der Waals surface area contributed by atoms with Gasteiger partial charge in [0.1, 0.15) is 0 Å². The molecule has 0 aromatic carbocycles. The van der Waals surface area contributed by atoms with Crippen LogP contribution in [0.3, 0.4) is 0 Å². The van der Waals surface area contributed by atoms with Crippen LogP contribution in [0.4, 0.5) is 0 Å². The van der Waals surface area contributed by atoms with Crippen molar-refractivity contribution in [3.05, 3.63) is 0 Å². The van der Waals surface area contributed by atoms with Gasteiger partial charge in [-0.2, -0.15) is 0 Å². The van der Waals surface area contributed by atoms with Crippen molar-refractivity contribution in [2.75, 3.05) is 0 Å². The second-order valence-corrected chi connectivity index (χ2v) is 7.91. The Bertz CT molecular complexity index is 399. The topological polar surface area (TPSA) is 0 Å². The molecule has 0 rings (SSSR count). The number of hydrogen-bond acceptors (Lipinski definition) is 1. The third-order valence-electron chi connectivity index (χ3n) is 5.49. The predicted molar refractivity (Wildman–Crippen MR) is 169 cm³/mol. The van der Waals surface area contributed by atoms with Gasteiger partial charge in [-0.15, -0.1) is 0 Å². The molecule has 0 saturated carbocycles. The Labute approximate surface area is 208 Å². The molecule has 0 aromatic heterocycles. The molecule has 0 amide bonds. The molecule has 0 bridgehead atoms. The van der Waals surface area contributed by atoms with Crippen molar-refractivity contribution in [1.82, 2.24) is 0 Å². The zero-order valence-corrected chi connectivity index (χ0v) is 17.4. The Kier molecular flexibility index (Phi) is 15.3. The van der Waals surface area contributed by atoms with Gasteiger partial charge >= 0.3 is 209 Å². The van der Waals surface area contributed by atoms with E-state index in [4.69, 9.17) is 120 Å². The number of hydrogen-bond donors (Lipinski definition) is 0. The molecular formula is B28S. The molecule has 0 nitrogen and oxygen atoms in total. The van der Waals surface area contributed by atoms with E-state index >= 15 is 0 Å². The standard InChI is InChI=1S/B28S/c1-16(2)24(17(3)4)27(22(13)14)23(15-29)28(25(18(5)6)19(7)8)26(20(9)10)21(11)12. The molecule has 0 fully saturated rings. The van der Waals surface area contributed by atoms with E-state index in [1.54, 1.807) is 0 Å². The Morgan fingerprint density at radius 3 is 0.724 bits per heavy atom. The van der Waals surface area contributed by atoms with E-state index < -0.39 is 83.0 Å². The van der Waals surface area contributed by atoms with E-state index in [2.05, 4.69) is 0 Å². The van der Waals surface area contributed by atoms with Crippen LogP contribution in [-0.4, -0.2) is 197 Å². The van der Waals surface area contributed by atoms with Crippen molar-refractivity contribution < 1.29 is 0 Å². The molecule has 29 heavy (non-hydrogen) atoms. The fourth-order valence-corrected chi connectivity index (χ4v) is 4.65. The molecule has 0 atom stereocenters. The average molecular weight is 335 g/mol. The van der Waals surface area contributed by atoms with Crippen molar-refractivity contribution in [1.29, 1.82) is 0 Å². The molecule has 0 saturated heterocycles. The van der Waals surface area contributed by atoms with E-state index in [1.165, 1.54) is 6.05 Å². The molecule has 29 heteroatoms. The summed E-state index contributed by atoms with van der Waals surface area (Å²) >= 11 is 5.30. The van der Waals surface area contributed by atoms with Crippen LogP contribution in [0.5, 0.6) is 0 Å². The van der Waals surface area contributed by atoms with E-state index in [0.29, 0.717) is 0 Å². The molecule has 0 N–H and O–H groups in total. The van der Waals surface area contributed by atoms with Gasteiger partial charge in [0.15, 0.2) is 0 Å². The van der Waals surface area contributed by atoms with Crippen LogP contribution in [0, 0.1) is 0 Å². The average Bonchev–Trinajstić information content (AvgIpc) is 2.51. The van der Waals surface area contributed by atoms with Gasteiger partial charge in [-0.25, -0.2) is 0 Å². The van der Waals surface area contributed by atoms with Crippen molar-refractivity contribution in [3.8, 4) is 0 Å². The van der Waals surface area contributed by atoms with E-state index in [-0.39, 0.29) is 0 Å². The van der Waals surface area contributed by atoms with Crippen molar-refractivity contribution >= 4 is 209 Å². The van der Waals surface area contributed by atoms with Crippen LogP contribution in [0.25, 0.3) is 0 Å². The molecule has 0 heterocycles. The first kappa shape index (κ1) is 31.0. The fourth-order valence-electron chi connectivity index (χ4n) is 4.29. The summed E-state index contributed by atoms with van der Waals surface area (Å²) in [7, 11) is 83.7. The van der Waals surface area contributed by atoms with Gasteiger partial charge in [-0.3, -0.25) is 0 Å². The summed E-state index contributed by atoms with van der Waals surface area (Å²) in [6.45, 7) is 0. The zero-order valence-electron chi connectivity index (χ0n) is 16.6. The molecule has 90 valence electrons. The zero-order chi connectivity index (χ0) is 23.2. The van der Waals surface area contributed by atoms with Gasteiger partial charge in [0.25, 0.3) is 0 Å². The minimum absolute atomic E-state index is 0.706. The summed E-state index contributed by atoms with van der Waals surface area (Å²) in [6, 6.07) is 1.40. The van der Waals surface area contributed by atoms with Crippen molar-refractivity contribution in [2.45, 2.75) is 0 Å². The van der Waals surface area contributed by atoms with Gasteiger partial charge in [-0.1, -0.05) is 0 Å². The summed E-state index contributed by atoms with van der Waals surface area (Å²) in [5.41, 5.74) is 0. The Hall–Kier alpha value is 2.04. The molecular weight excluding hydrogens is 335 g/mol. The molecule has 0 spiro atoms. The quantitative estimate of drug-likeness (QED) is 0.302. The number of rotatable bonds is 13. The molecule has 0 aliphatic carbocycles. The monoisotopic (exact) mass is 340 g/mol. The third-order valence-corrected chi connectivity index (χ3v) is 5.80. The van der Waals surface area contributed by atoms with Crippen LogP contribution in [0.2, 0.25) is 0 Å². The van der Waals surface area contributed by atoms with Crippen LogP contribution >= 0.6 is 12.1 Å². The summed E-state index contributed by atoms with van der Waals surface area (Å²) in [6.07, 6.45) is -11.4. The first-order chi connectivity index (χ1) is 13.2. The molecule has 0 aliphatic heterocycles. The Balaban J connectivity index is 6.75. The summed E-state index contributed by atoms with van der Waals surface area (Å²) in [4.78, 5) is 0. The Morgan fingerprint density at radius 1 is 0.345 bits per heavy atom. The van der Waals surface area contributed by atoms with Crippen LogP contribution in [-0.2, 0) is 0 Å². The van der Waals surface area contributed by atoms with E-state index in [0.717, 1.165) is 0 Å². The van der Waals surface area contributed by atoms with Gasteiger partial charge in [0.2, 0.25) is 0 Å². The summed E-state index contributed by atoms with van der Waals surface area (Å²) < 4.78 is 0. The van der Waals surface area contributed by atoms with Gasteiger partial charge in [0.05, 0.1) is 0 Å². The van der Waals surface area contributed by atoms with E-state index in [9.17, 15) is 0 Å². The fraction of sp³-hybridized carbons (Fsp3) is 0. The molecule has 28 radical (unpaired) electrons. The third kappa shape index (κ3) is 8.72. The van der Waals surface area contributed by atoms with Gasteiger partial charge in [0, 0.05) is 0 Å². The Morgan fingerprint density at radius 2 is 0.552 bits per heavy atom. The first-order valence-electron chi connectivity index (χ1n) is 9.24. The summed E-state index contributed by atoms with van der Waals surface area (Å²) in [5.74, 6) is 0. The van der Waals surface area contributed by atoms with Gasteiger partial charge < -0.3 is 0 Å². The normalized spacial score (nSPS) is 9.24. The second kappa shape index (κ2) is 14.3. The van der Waals surface area contributed by atoms with Crippen molar-refractivity contribution in [3.63, 3.8) is 0 Å². The minimum atomic E-state index is -0.997. The SMILES string of the molecule is [B]B([B])B(B([B])[B])B(B([B])[B])B(B=S)B(B(B([B])[B])B([B])[B])B(B([B])[B])B([B])[B]. The maximum atomic E-state index is 6.07. The maximum absolute atomic E-state index is 6.07. The molecule has 0 unspecified atom stereocenters. The van der Waals surface area contributed by atoms with Crippen molar-refractivity contribution in [2.24, 2.45) is 0 Å². The van der Waals surface area contributed by atoms with E-state index in [1.807, 2.05) is 0 Å². The summed E-state index contributed by atoms with van der Waals surface area (Å²) in [5, 5.41) is 0. The second-order valence-electron chi connectivity index (χ2n) is 7.64. The van der Waals surface area contributed by atoms with Crippen LogP contribution in [0.1, 0.15) is 0 Å². The molecule has 0 aliphatic rings. The van der Waals surface area contributed by atoms with Crippen LogP contribution < -0.4 is 0 Å².